The number of nitrogens with zero attached hydrogens (tertiary/aromatic N) is 2. The third kappa shape index (κ3) is 2.46. The number of nitrogens with one attached hydrogen (secondary N) is 3. The lowest BCUT2D eigenvalue weighted by Gasteiger charge is -2.10. The Balaban J connectivity index is 2.54. The molecule has 7 heteroatoms. The van der Waals surface area contributed by atoms with Gasteiger partial charge in [-0.15, -0.1) is 0 Å². The minimum absolute atomic E-state index is 0.0614. The third-order valence-corrected chi connectivity index (χ3v) is 2.73. The van der Waals surface area contributed by atoms with Crippen LogP contribution < -0.4 is 10.9 Å². The molecular weight excluding hydrogens is 266 g/mol. The van der Waals surface area contributed by atoms with Crippen molar-refractivity contribution in [3.05, 3.63) is 51.0 Å². The summed E-state index contributed by atoms with van der Waals surface area (Å²) in [7, 11) is 0. The van der Waals surface area contributed by atoms with Gasteiger partial charge in [-0.25, -0.2) is 4.98 Å². The molecule has 6 nitrogen and oxygen atoms in total. The molecule has 2 aromatic rings. The molecule has 0 unspecified atom stereocenters. The zero-order chi connectivity index (χ0) is 13.8. The number of hydrogen-bond acceptors (Lipinski definition) is 5. The van der Waals surface area contributed by atoms with E-state index in [9.17, 15) is 4.79 Å². The lowest BCUT2D eigenvalue weighted by Crippen LogP contribution is -2.15. The van der Waals surface area contributed by atoms with Gasteiger partial charge in [0.2, 0.25) is 0 Å². The van der Waals surface area contributed by atoms with Crippen molar-refractivity contribution in [3.63, 3.8) is 0 Å². The molecule has 1 aromatic carbocycles. The summed E-state index contributed by atoms with van der Waals surface area (Å²) < 4.78 is 0. The largest absolute Gasteiger partial charge is 0.337 e. The Morgan fingerprint density at radius 2 is 2.32 bits per heavy atom. The van der Waals surface area contributed by atoms with E-state index in [1.165, 1.54) is 6.33 Å². The number of hydrogen-bond donors (Lipinski definition) is 3. The Bertz CT molecular complexity index is 732. The highest BCUT2D eigenvalue weighted by Gasteiger charge is 2.11. The van der Waals surface area contributed by atoms with Gasteiger partial charge in [-0.3, -0.25) is 4.79 Å². The summed E-state index contributed by atoms with van der Waals surface area (Å²) in [5.41, 5.74) is 0.294. The quantitative estimate of drug-likeness (QED) is 0.744. The molecule has 0 spiro atoms. The van der Waals surface area contributed by atoms with Crippen LogP contribution in [0.5, 0.6) is 0 Å². The number of para-hydroxylation sites is 1. The second-order valence-corrected chi connectivity index (χ2v) is 3.94. The van der Waals surface area contributed by atoms with Crippen molar-refractivity contribution >= 4 is 29.3 Å². The first-order valence-corrected chi connectivity index (χ1v) is 5.59. The van der Waals surface area contributed by atoms with Gasteiger partial charge in [-0.1, -0.05) is 17.7 Å². The van der Waals surface area contributed by atoms with E-state index in [0.29, 0.717) is 16.3 Å². The third-order valence-electron chi connectivity index (χ3n) is 2.41. The van der Waals surface area contributed by atoms with Crippen LogP contribution in [0, 0.1) is 16.7 Å². The van der Waals surface area contributed by atoms with Crippen LogP contribution in [0.4, 0.5) is 11.5 Å². The fraction of sp³-hybridized carbons (Fsp3) is 0. The second kappa shape index (κ2) is 5.33. The Kier molecular flexibility index (Phi) is 3.59. The number of nitriles is 1. The maximum absolute atomic E-state index is 11.5. The van der Waals surface area contributed by atoms with Crippen molar-refractivity contribution < 1.29 is 0 Å². The molecule has 0 aliphatic carbocycles. The van der Waals surface area contributed by atoms with Crippen LogP contribution >= 0.6 is 11.6 Å². The summed E-state index contributed by atoms with van der Waals surface area (Å²) in [5, 5.41) is 19.4. The Morgan fingerprint density at radius 3 is 3.00 bits per heavy atom. The maximum Gasteiger partial charge on any atom is 0.261 e. The predicted octanol–water partition coefficient (Wildman–Crippen LogP) is 2.04. The van der Waals surface area contributed by atoms with Crippen LogP contribution in [0.25, 0.3) is 0 Å². The van der Waals surface area contributed by atoms with Gasteiger partial charge in [-0.05, 0) is 12.1 Å². The number of aromatic nitrogens is 2. The van der Waals surface area contributed by atoms with E-state index >= 15 is 0 Å². The minimum Gasteiger partial charge on any atom is -0.337 e. The molecule has 0 amide bonds. The standard InChI is InChI=1S/C12H8ClN5O/c13-9-3-1-2-7(4-14)10(9)18-11-8(5-15)12(19)17-6-16-11/h1-3,5-6,15H,(H2,16,17,18,19). The molecule has 0 bridgehead atoms. The zero-order valence-corrected chi connectivity index (χ0v) is 10.3. The van der Waals surface area contributed by atoms with Gasteiger partial charge >= 0.3 is 0 Å². The van der Waals surface area contributed by atoms with Crippen molar-refractivity contribution in [2.24, 2.45) is 0 Å². The molecule has 0 atom stereocenters. The summed E-state index contributed by atoms with van der Waals surface area (Å²) in [6.45, 7) is 0. The lowest BCUT2D eigenvalue weighted by atomic mass is 10.2. The van der Waals surface area contributed by atoms with E-state index in [4.69, 9.17) is 22.3 Å². The average Bonchev–Trinajstić information content (AvgIpc) is 2.41. The van der Waals surface area contributed by atoms with Gasteiger partial charge in [0, 0.05) is 6.21 Å². The summed E-state index contributed by atoms with van der Waals surface area (Å²) in [4.78, 5) is 17.8. The highest BCUT2D eigenvalue weighted by Crippen LogP contribution is 2.28. The molecule has 0 saturated carbocycles. The molecule has 19 heavy (non-hydrogen) atoms. The molecular formula is C12H8ClN5O. The van der Waals surface area contributed by atoms with Crippen LogP contribution in [0.15, 0.2) is 29.3 Å². The van der Waals surface area contributed by atoms with E-state index in [2.05, 4.69) is 15.3 Å². The molecule has 3 N–H and O–H groups in total. The van der Waals surface area contributed by atoms with E-state index in [1.807, 2.05) is 6.07 Å². The molecule has 1 aromatic heterocycles. The highest BCUT2D eigenvalue weighted by atomic mass is 35.5. The number of anilines is 2. The number of benzene rings is 1. The van der Waals surface area contributed by atoms with E-state index < -0.39 is 5.56 Å². The van der Waals surface area contributed by atoms with Crippen LogP contribution in [-0.4, -0.2) is 16.2 Å². The molecule has 0 aliphatic rings. The molecule has 1 heterocycles. The van der Waals surface area contributed by atoms with Crippen molar-refractivity contribution in [2.45, 2.75) is 0 Å². The first-order chi connectivity index (χ1) is 9.17. The summed E-state index contributed by atoms with van der Waals surface area (Å²) in [5.74, 6) is 0.170. The predicted molar refractivity (Wildman–Crippen MR) is 72.2 cm³/mol. The van der Waals surface area contributed by atoms with Crippen molar-refractivity contribution in [3.8, 4) is 6.07 Å². The van der Waals surface area contributed by atoms with Gasteiger partial charge in [-0.2, -0.15) is 5.26 Å². The average molecular weight is 274 g/mol. The van der Waals surface area contributed by atoms with Crippen molar-refractivity contribution in [1.82, 2.24) is 9.97 Å². The van der Waals surface area contributed by atoms with Gasteiger partial charge in [0.15, 0.2) is 0 Å². The van der Waals surface area contributed by atoms with E-state index in [-0.39, 0.29) is 11.4 Å². The second-order valence-electron chi connectivity index (χ2n) is 3.54. The highest BCUT2D eigenvalue weighted by molar-refractivity contribution is 6.33. The van der Waals surface area contributed by atoms with Gasteiger partial charge in [0.05, 0.1) is 28.2 Å². The van der Waals surface area contributed by atoms with E-state index in [1.54, 1.807) is 18.2 Å². The molecule has 94 valence electrons. The fourth-order valence-electron chi connectivity index (χ4n) is 1.51. The number of aromatic amines is 1. The fourth-order valence-corrected chi connectivity index (χ4v) is 1.73. The number of rotatable bonds is 3. The maximum atomic E-state index is 11.5. The smallest absolute Gasteiger partial charge is 0.261 e. The first-order valence-electron chi connectivity index (χ1n) is 5.21. The van der Waals surface area contributed by atoms with Crippen LogP contribution in [0.3, 0.4) is 0 Å². The van der Waals surface area contributed by atoms with Gasteiger partial charge < -0.3 is 15.7 Å². The Hall–Kier alpha value is -2.65. The van der Waals surface area contributed by atoms with Gasteiger partial charge in [0.1, 0.15) is 11.9 Å². The van der Waals surface area contributed by atoms with Crippen molar-refractivity contribution in [2.75, 3.05) is 5.32 Å². The Labute approximate surface area is 113 Å². The molecule has 2 rings (SSSR count). The van der Waals surface area contributed by atoms with Crippen LogP contribution in [-0.2, 0) is 0 Å². The molecule has 0 aliphatic heterocycles. The normalized spacial score (nSPS) is 9.68. The molecule has 0 radical (unpaired) electrons. The summed E-state index contributed by atoms with van der Waals surface area (Å²) in [6.07, 6.45) is 2.09. The van der Waals surface area contributed by atoms with Crippen molar-refractivity contribution in [1.29, 1.82) is 10.7 Å². The van der Waals surface area contributed by atoms with Crippen LogP contribution in [0.2, 0.25) is 5.02 Å². The van der Waals surface area contributed by atoms with Gasteiger partial charge in [0.25, 0.3) is 5.56 Å². The minimum atomic E-state index is -0.446. The monoisotopic (exact) mass is 273 g/mol. The number of H-pyrrole nitrogens is 1. The zero-order valence-electron chi connectivity index (χ0n) is 9.57. The lowest BCUT2D eigenvalue weighted by molar-refractivity contribution is 1.11. The van der Waals surface area contributed by atoms with E-state index in [0.717, 1.165) is 6.21 Å². The van der Waals surface area contributed by atoms with Crippen LogP contribution in [0.1, 0.15) is 11.1 Å². The topological polar surface area (TPSA) is 105 Å². The first kappa shape index (κ1) is 12.8. The summed E-state index contributed by atoms with van der Waals surface area (Å²) in [6, 6.07) is 6.84. The molecule has 0 fully saturated rings. The SMILES string of the molecule is N#Cc1cccc(Cl)c1Nc1nc[nH]c(=O)c1C=N. The number of halogens is 1. The Morgan fingerprint density at radius 1 is 1.53 bits per heavy atom. The summed E-state index contributed by atoms with van der Waals surface area (Å²) >= 11 is 6.01. The molecule has 0 saturated heterocycles.